The number of amides is 1. The van der Waals surface area contributed by atoms with Crippen molar-refractivity contribution in [3.63, 3.8) is 0 Å². The summed E-state index contributed by atoms with van der Waals surface area (Å²) in [5.41, 5.74) is 5.06. The highest BCUT2D eigenvalue weighted by molar-refractivity contribution is 7.98. The summed E-state index contributed by atoms with van der Waals surface area (Å²) in [5.74, 6) is 0.857. The topological polar surface area (TPSA) is 83.0 Å². The Kier molecular flexibility index (Phi) is 7.39. The molecule has 1 aliphatic heterocycles. The Hall–Kier alpha value is -3.49. The van der Waals surface area contributed by atoms with Gasteiger partial charge in [-0.1, -0.05) is 12.1 Å². The van der Waals surface area contributed by atoms with Crippen molar-refractivity contribution in [2.24, 2.45) is 0 Å². The normalized spacial score (nSPS) is 17.7. The van der Waals surface area contributed by atoms with Gasteiger partial charge < -0.3 is 15.5 Å². The zero-order chi connectivity index (χ0) is 25.9. The van der Waals surface area contributed by atoms with Crippen molar-refractivity contribution in [1.82, 2.24) is 25.6 Å². The third kappa shape index (κ3) is 5.45. The van der Waals surface area contributed by atoms with Crippen LogP contribution in [0.4, 0.5) is 5.82 Å². The predicted octanol–water partition coefficient (Wildman–Crippen LogP) is 4.84. The van der Waals surface area contributed by atoms with Crippen LogP contribution in [0.15, 0.2) is 65.7 Å². The monoisotopic (exact) mass is 512 g/mol. The quantitative estimate of drug-likeness (QED) is 0.358. The van der Waals surface area contributed by atoms with E-state index >= 15 is 0 Å². The van der Waals surface area contributed by atoms with Crippen molar-refractivity contribution < 1.29 is 4.79 Å². The van der Waals surface area contributed by atoms with Crippen molar-refractivity contribution in [1.29, 1.82) is 0 Å². The lowest BCUT2D eigenvalue weighted by atomic mass is 10.1. The molecule has 4 heterocycles. The summed E-state index contributed by atoms with van der Waals surface area (Å²) in [5, 5.41) is 7.46. The molecule has 1 amide bonds. The number of nitrogens with zero attached hydrogens (tertiary/aromatic N) is 4. The first kappa shape index (κ1) is 25.2. The largest absolute Gasteiger partial charge is 0.351 e. The Morgan fingerprint density at radius 1 is 1.11 bits per heavy atom. The maximum Gasteiger partial charge on any atom is 0.251 e. The first-order chi connectivity index (χ1) is 17.9. The van der Waals surface area contributed by atoms with Crippen LogP contribution in [0, 0.1) is 6.92 Å². The molecule has 8 heteroatoms. The molecule has 2 N–H and O–H groups in total. The van der Waals surface area contributed by atoms with Gasteiger partial charge in [0.2, 0.25) is 0 Å². The van der Waals surface area contributed by atoms with Crippen molar-refractivity contribution in [3.8, 4) is 11.4 Å². The number of carbonyl (C=O) groups excluding carboxylic acids is 1. The molecule has 0 aliphatic carbocycles. The van der Waals surface area contributed by atoms with Gasteiger partial charge in [0, 0.05) is 47.2 Å². The molecule has 4 aromatic rings. The second-order valence-electron chi connectivity index (χ2n) is 9.49. The molecule has 1 fully saturated rings. The van der Waals surface area contributed by atoms with Crippen LogP contribution in [0.2, 0.25) is 0 Å². The summed E-state index contributed by atoms with van der Waals surface area (Å²) < 4.78 is 0. The lowest BCUT2D eigenvalue weighted by molar-refractivity contribution is 0.0950. The van der Waals surface area contributed by atoms with Gasteiger partial charge in [-0.2, -0.15) is 0 Å². The van der Waals surface area contributed by atoms with Gasteiger partial charge in [-0.25, -0.2) is 9.97 Å². The summed E-state index contributed by atoms with van der Waals surface area (Å²) in [6.45, 7) is 8.69. The second kappa shape index (κ2) is 10.9. The van der Waals surface area contributed by atoms with E-state index in [-0.39, 0.29) is 5.91 Å². The van der Waals surface area contributed by atoms with Crippen LogP contribution in [-0.2, 0) is 6.54 Å². The van der Waals surface area contributed by atoms with E-state index in [0.29, 0.717) is 24.2 Å². The van der Waals surface area contributed by atoms with Crippen LogP contribution in [0.1, 0.15) is 35.5 Å². The summed E-state index contributed by atoms with van der Waals surface area (Å²) in [6.07, 6.45) is 3.82. The Bertz CT molecular complexity index is 1440. The molecule has 3 aromatic heterocycles. The molecule has 37 heavy (non-hydrogen) atoms. The van der Waals surface area contributed by atoms with Gasteiger partial charge in [0.1, 0.15) is 5.82 Å². The average Bonchev–Trinajstić information content (AvgIpc) is 2.93. The predicted molar refractivity (Wildman–Crippen MR) is 151 cm³/mol. The smallest absolute Gasteiger partial charge is 0.251 e. The van der Waals surface area contributed by atoms with Gasteiger partial charge in [0.15, 0.2) is 0 Å². The highest BCUT2D eigenvalue weighted by Crippen LogP contribution is 2.25. The lowest BCUT2D eigenvalue weighted by Gasteiger charge is -2.39. The number of benzene rings is 1. The van der Waals surface area contributed by atoms with Crippen LogP contribution < -0.4 is 15.5 Å². The van der Waals surface area contributed by atoms with E-state index in [0.717, 1.165) is 51.8 Å². The summed E-state index contributed by atoms with van der Waals surface area (Å²) in [7, 11) is 0. The van der Waals surface area contributed by atoms with Crippen LogP contribution >= 0.6 is 11.8 Å². The van der Waals surface area contributed by atoms with Crippen LogP contribution in [0.25, 0.3) is 22.3 Å². The Morgan fingerprint density at radius 3 is 2.78 bits per heavy atom. The van der Waals surface area contributed by atoms with Gasteiger partial charge >= 0.3 is 0 Å². The summed E-state index contributed by atoms with van der Waals surface area (Å²) >= 11 is 1.64. The van der Waals surface area contributed by atoms with E-state index in [1.165, 1.54) is 5.56 Å². The fourth-order valence-corrected chi connectivity index (χ4v) is 5.27. The van der Waals surface area contributed by atoms with Crippen molar-refractivity contribution in [3.05, 3.63) is 77.6 Å². The van der Waals surface area contributed by atoms with Gasteiger partial charge in [-0.15, -0.1) is 11.8 Å². The Labute approximate surface area is 222 Å². The maximum absolute atomic E-state index is 12.7. The number of piperazine rings is 1. The first-order valence-electron chi connectivity index (χ1n) is 12.6. The minimum atomic E-state index is -0.114. The van der Waals surface area contributed by atoms with Crippen molar-refractivity contribution in [2.75, 3.05) is 24.2 Å². The molecule has 0 saturated carbocycles. The molecule has 0 bridgehead atoms. The molecule has 190 valence electrons. The molecule has 0 spiro atoms. The average molecular weight is 513 g/mol. The van der Waals surface area contributed by atoms with E-state index in [1.54, 1.807) is 18.0 Å². The molecule has 0 radical (unpaired) electrons. The minimum absolute atomic E-state index is 0.114. The molecule has 1 aromatic carbocycles. The van der Waals surface area contributed by atoms with Crippen molar-refractivity contribution >= 4 is 34.4 Å². The third-order valence-corrected chi connectivity index (χ3v) is 7.94. The Balaban J connectivity index is 1.34. The van der Waals surface area contributed by atoms with Gasteiger partial charge in [-0.05, 0) is 75.1 Å². The number of aryl methyl sites for hydroxylation is 1. The zero-order valence-electron chi connectivity index (χ0n) is 21.7. The molecular formula is C29H32N6OS. The Morgan fingerprint density at radius 2 is 1.95 bits per heavy atom. The highest BCUT2D eigenvalue weighted by Gasteiger charge is 2.25. The second-order valence-corrected chi connectivity index (χ2v) is 10.3. The lowest BCUT2D eigenvalue weighted by Crippen LogP contribution is -2.55. The number of hydrogen-bond acceptors (Lipinski definition) is 7. The highest BCUT2D eigenvalue weighted by atomic mass is 32.2. The fourth-order valence-electron chi connectivity index (χ4n) is 4.64. The van der Waals surface area contributed by atoms with Gasteiger partial charge in [-0.3, -0.25) is 9.78 Å². The van der Waals surface area contributed by atoms with E-state index in [4.69, 9.17) is 9.97 Å². The molecule has 7 nitrogen and oxygen atoms in total. The third-order valence-electron chi connectivity index (χ3n) is 7.06. The SMILES string of the molecule is CSc1cc(C(=O)NCc2cc3nc(-c4cccc(N5CCNC(C)C5C)n4)ccc3cn2)ccc1C. The zero-order valence-corrected chi connectivity index (χ0v) is 22.5. The van der Waals surface area contributed by atoms with Crippen LogP contribution in [0.3, 0.4) is 0 Å². The number of fused-ring (bicyclic) bond motifs is 1. The number of carbonyl (C=O) groups is 1. The molecule has 1 saturated heterocycles. The van der Waals surface area contributed by atoms with Gasteiger partial charge in [0.05, 0.1) is 29.1 Å². The molecule has 5 rings (SSSR count). The summed E-state index contributed by atoms with van der Waals surface area (Å²) in [4.78, 5) is 30.6. The first-order valence-corrected chi connectivity index (χ1v) is 13.8. The van der Waals surface area contributed by atoms with Crippen LogP contribution in [-0.4, -0.2) is 52.3 Å². The molecular weight excluding hydrogens is 480 g/mol. The molecule has 2 unspecified atom stereocenters. The number of thioether (sulfide) groups is 1. The fraction of sp³-hybridized carbons (Fsp3) is 0.310. The minimum Gasteiger partial charge on any atom is -0.351 e. The summed E-state index contributed by atoms with van der Waals surface area (Å²) in [6, 6.07) is 18.6. The van der Waals surface area contributed by atoms with Gasteiger partial charge in [0.25, 0.3) is 5.91 Å². The van der Waals surface area contributed by atoms with E-state index in [1.807, 2.05) is 61.7 Å². The van der Waals surface area contributed by atoms with E-state index in [2.05, 4.69) is 40.4 Å². The number of anilines is 1. The number of pyridine rings is 3. The number of aromatic nitrogens is 3. The maximum atomic E-state index is 12.7. The van der Waals surface area contributed by atoms with Crippen molar-refractivity contribution in [2.45, 2.75) is 44.3 Å². The number of nitrogens with one attached hydrogen (secondary N) is 2. The number of hydrogen-bond donors (Lipinski definition) is 2. The number of rotatable bonds is 6. The molecule has 2 atom stereocenters. The van der Waals surface area contributed by atoms with Crippen LogP contribution in [0.5, 0.6) is 0 Å². The molecule has 1 aliphatic rings. The van der Waals surface area contributed by atoms with E-state index in [9.17, 15) is 4.79 Å². The van der Waals surface area contributed by atoms with E-state index < -0.39 is 0 Å². The standard InChI is InChI=1S/C29H32N6OS/c1-18-8-9-21(14-27(18)37-4)29(36)32-17-23-15-26-22(16-31-23)10-11-25(33-26)24-6-5-7-28(34-24)35-13-12-30-19(2)20(35)3/h5-11,14-16,19-20,30H,12-13,17H2,1-4H3,(H,32,36).